The van der Waals surface area contributed by atoms with Crippen LogP contribution in [0.3, 0.4) is 0 Å². The van der Waals surface area contributed by atoms with Crippen molar-refractivity contribution in [1.82, 2.24) is 4.90 Å². The molecule has 0 aliphatic carbocycles. The molecule has 1 unspecified atom stereocenters. The van der Waals surface area contributed by atoms with E-state index in [0.29, 0.717) is 31.1 Å². The van der Waals surface area contributed by atoms with Crippen LogP contribution in [0, 0.1) is 5.41 Å². The summed E-state index contributed by atoms with van der Waals surface area (Å²) in [6.45, 7) is 3.01. The van der Waals surface area contributed by atoms with Crippen LogP contribution >= 0.6 is 0 Å². The van der Waals surface area contributed by atoms with Crippen LogP contribution in [0.4, 0.5) is 0 Å². The average Bonchev–Trinajstić information content (AvgIpc) is 2.97. The van der Waals surface area contributed by atoms with E-state index >= 15 is 0 Å². The van der Waals surface area contributed by atoms with Crippen LogP contribution in [-0.2, 0) is 6.54 Å². The molecule has 1 N–H and O–H groups in total. The molecule has 25 heavy (non-hydrogen) atoms. The molecular weight excluding hydrogens is 316 g/mol. The first-order valence-electron chi connectivity index (χ1n) is 8.38. The van der Waals surface area contributed by atoms with E-state index in [1.54, 1.807) is 7.11 Å². The first-order chi connectivity index (χ1) is 12.2. The molecule has 2 aromatic carbocycles. The van der Waals surface area contributed by atoms with Crippen LogP contribution in [0.15, 0.2) is 42.5 Å². The zero-order valence-electron chi connectivity index (χ0n) is 14.5. The summed E-state index contributed by atoms with van der Waals surface area (Å²) in [6.07, 6.45) is 1.81. The summed E-state index contributed by atoms with van der Waals surface area (Å²) in [5.74, 6) is 1.33. The summed E-state index contributed by atoms with van der Waals surface area (Å²) in [5, 5.41) is 7.57. The minimum Gasteiger partial charge on any atom is -0.493 e. The fourth-order valence-corrected chi connectivity index (χ4v) is 3.25. The lowest BCUT2D eigenvalue weighted by Gasteiger charge is -2.27. The predicted molar refractivity (Wildman–Crippen MR) is 96.6 cm³/mol. The normalized spacial score (nSPS) is 14.2. The van der Waals surface area contributed by atoms with Crippen molar-refractivity contribution in [3.05, 3.63) is 59.2 Å². The van der Waals surface area contributed by atoms with E-state index in [1.807, 2.05) is 54.3 Å². The van der Waals surface area contributed by atoms with E-state index in [-0.39, 0.29) is 11.9 Å². The topological polar surface area (TPSA) is 62.6 Å². The maximum Gasteiger partial charge on any atom is 0.255 e. The number of methoxy groups -OCH3 is 1. The SMILES string of the molecule is CCOc1cc(C(CC=N)N2Cc3ccccc3C2=O)ccc1OC. The molecule has 5 heteroatoms. The van der Waals surface area contributed by atoms with Gasteiger partial charge in [0.05, 0.1) is 19.8 Å². The second-order valence-electron chi connectivity index (χ2n) is 5.89. The Bertz CT molecular complexity index is 788. The van der Waals surface area contributed by atoms with Gasteiger partial charge >= 0.3 is 0 Å². The van der Waals surface area contributed by atoms with Crippen LogP contribution in [0.25, 0.3) is 0 Å². The molecule has 1 atom stereocenters. The third kappa shape index (κ3) is 3.22. The number of fused-ring (bicyclic) bond motifs is 1. The number of carbonyl (C=O) groups is 1. The molecule has 1 heterocycles. The molecular formula is C20H22N2O3. The predicted octanol–water partition coefficient (Wildman–Crippen LogP) is 3.83. The number of ether oxygens (including phenoxy) is 2. The summed E-state index contributed by atoms with van der Waals surface area (Å²) >= 11 is 0. The highest BCUT2D eigenvalue weighted by atomic mass is 16.5. The first-order valence-corrected chi connectivity index (χ1v) is 8.38. The standard InChI is InChI=1S/C20H22N2O3/c1-3-25-19-12-14(8-9-18(19)24-2)17(10-11-21)22-13-15-6-4-5-7-16(15)20(22)23/h4-9,11-12,17,21H,3,10,13H2,1-2H3. The van der Waals surface area contributed by atoms with Crippen LogP contribution in [0.1, 0.15) is 40.9 Å². The van der Waals surface area contributed by atoms with Crippen molar-refractivity contribution in [2.45, 2.75) is 25.9 Å². The highest BCUT2D eigenvalue weighted by Crippen LogP contribution is 2.37. The van der Waals surface area contributed by atoms with Crippen LogP contribution in [0.2, 0.25) is 0 Å². The second kappa shape index (κ2) is 7.38. The van der Waals surface area contributed by atoms with Gasteiger partial charge in [0.15, 0.2) is 11.5 Å². The zero-order chi connectivity index (χ0) is 17.8. The van der Waals surface area contributed by atoms with E-state index in [4.69, 9.17) is 14.9 Å². The minimum atomic E-state index is -0.206. The van der Waals surface area contributed by atoms with Gasteiger partial charge in [-0.1, -0.05) is 24.3 Å². The fourth-order valence-electron chi connectivity index (χ4n) is 3.25. The molecule has 0 aromatic heterocycles. The number of carbonyl (C=O) groups excluding carboxylic acids is 1. The summed E-state index contributed by atoms with van der Waals surface area (Å²) in [7, 11) is 1.60. The Kier molecular flexibility index (Phi) is 5.03. The molecule has 130 valence electrons. The van der Waals surface area contributed by atoms with Crippen LogP contribution in [0.5, 0.6) is 11.5 Å². The summed E-state index contributed by atoms with van der Waals surface area (Å²) in [5.41, 5.74) is 2.71. The van der Waals surface area contributed by atoms with Crippen LogP contribution in [-0.4, -0.2) is 30.7 Å². The summed E-state index contributed by atoms with van der Waals surface area (Å²) in [4.78, 5) is 14.6. The Morgan fingerprint density at radius 2 is 2.04 bits per heavy atom. The number of amides is 1. The quantitative estimate of drug-likeness (QED) is 0.781. The van der Waals surface area contributed by atoms with Gasteiger partial charge in [-0.05, 0) is 42.5 Å². The van der Waals surface area contributed by atoms with Gasteiger partial charge in [-0.25, -0.2) is 0 Å². The Hall–Kier alpha value is -2.82. The number of hydrogen-bond donors (Lipinski definition) is 1. The molecule has 1 aliphatic heterocycles. The smallest absolute Gasteiger partial charge is 0.255 e. The van der Waals surface area contributed by atoms with Crippen molar-refractivity contribution >= 4 is 12.1 Å². The molecule has 0 saturated heterocycles. The van der Waals surface area contributed by atoms with Crippen molar-refractivity contribution in [3.63, 3.8) is 0 Å². The number of rotatable bonds is 7. The van der Waals surface area contributed by atoms with Crippen molar-refractivity contribution in [2.24, 2.45) is 0 Å². The first kappa shape index (κ1) is 17.0. The molecule has 0 fully saturated rings. The summed E-state index contributed by atoms with van der Waals surface area (Å²) < 4.78 is 11.0. The highest BCUT2D eigenvalue weighted by molar-refractivity contribution is 5.98. The molecule has 0 bridgehead atoms. The molecule has 0 radical (unpaired) electrons. The average molecular weight is 338 g/mol. The highest BCUT2D eigenvalue weighted by Gasteiger charge is 2.33. The second-order valence-corrected chi connectivity index (χ2v) is 5.89. The minimum absolute atomic E-state index is 0.0104. The molecule has 5 nitrogen and oxygen atoms in total. The zero-order valence-corrected chi connectivity index (χ0v) is 14.5. The van der Waals surface area contributed by atoms with Gasteiger partial charge in [0, 0.05) is 18.5 Å². The molecule has 1 aliphatic rings. The van der Waals surface area contributed by atoms with Gasteiger partial charge in [0.1, 0.15) is 0 Å². The van der Waals surface area contributed by atoms with Crippen molar-refractivity contribution in [1.29, 1.82) is 5.41 Å². The maximum absolute atomic E-state index is 12.8. The van der Waals surface area contributed by atoms with Crippen LogP contribution < -0.4 is 9.47 Å². The van der Waals surface area contributed by atoms with Gasteiger partial charge in [0.2, 0.25) is 0 Å². The molecule has 0 saturated carbocycles. The van der Waals surface area contributed by atoms with E-state index in [1.165, 1.54) is 6.21 Å². The van der Waals surface area contributed by atoms with Gasteiger partial charge < -0.3 is 19.8 Å². The van der Waals surface area contributed by atoms with Crippen molar-refractivity contribution in [3.8, 4) is 11.5 Å². The van der Waals surface area contributed by atoms with E-state index < -0.39 is 0 Å². The van der Waals surface area contributed by atoms with E-state index in [2.05, 4.69) is 0 Å². The number of hydrogen-bond acceptors (Lipinski definition) is 4. The molecule has 1 amide bonds. The number of nitrogens with one attached hydrogen (secondary N) is 1. The molecule has 0 spiro atoms. The van der Waals surface area contributed by atoms with Crippen molar-refractivity contribution < 1.29 is 14.3 Å². The van der Waals surface area contributed by atoms with E-state index in [0.717, 1.165) is 16.7 Å². The summed E-state index contributed by atoms with van der Waals surface area (Å²) in [6, 6.07) is 13.2. The van der Waals surface area contributed by atoms with Crippen molar-refractivity contribution in [2.75, 3.05) is 13.7 Å². The Labute approximate surface area is 147 Å². The lowest BCUT2D eigenvalue weighted by molar-refractivity contribution is 0.0706. The van der Waals surface area contributed by atoms with Gasteiger partial charge in [-0.15, -0.1) is 0 Å². The monoisotopic (exact) mass is 338 g/mol. The lowest BCUT2D eigenvalue weighted by Crippen LogP contribution is -2.29. The third-order valence-corrected chi connectivity index (χ3v) is 4.44. The Morgan fingerprint density at radius 3 is 2.72 bits per heavy atom. The third-order valence-electron chi connectivity index (χ3n) is 4.44. The number of nitrogens with zero attached hydrogens (tertiary/aromatic N) is 1. The molecule has 3 rings (SSSR count). The van der Waals surface area contributed by atoms with Gasteiger partial charge in [0.25, 0.3) is 5.91 Å². The van der Waals surface area contributed by atoms with Gasteiger partial charge in [-0.2, -0.15) is 0 Å². The lowest BCUT2D eigenvalue weighted by atomic mass is 10.0. The number of benzene rings is 2. The maximum atomic E-state index is 12.8. The van der Waals surface area contributed by atoms with Gasteiger partial charge in [-0.3, -0.25) is 4.79 Å². The Balaban J connectivity index is 1.96. The fraction of sp³-hybridized carbons (Fsp3) is 0.300. The molecule has 2 aromatic rings. The van der Waals surface area contributed by atoms with E-state index in [9.17, 15) is 4.79 Å². The largest absolute Gasteiger partial charge is 0.493 e. The Morgan fingerprint density at radius 1 is 1.24 bits per heavy atom.